The minimum Gasteiger partial charge on any atom is -0.398 e. The van der Waals surface area contributed by atoms with E-state index >= 15 is 0 Å². The fourth-order valence-electron chi connectivity index (χ4n) is 2.64. The maximum absolute atomic E-state index is 12.6. The Hall–Kier alpha value is -1.26. The molecule has 4 nitrogen and oxygen atoms in total. The monoisotopic (exact) mass is 282 g/mol. The Morgan fingerprint density at radius 2 is 2.11 bits per heavy atom. The summed E-state index contributed by atoms with van der Waals surface area (Å²) in [5.74, 6) is -0.141. The van der Waals surface area contributed by atoms with Gasteiger partial charge in [-0.2, -0.15) is 0 Å². The molecular formula is C14H19ClN2O2. The lowest BCUT2D eigenvalue weighted by Gasteiger charge is -2.28. The van der Waals surface area contributed by atoms with Crippen molar-refractivity contribution < 1.29 is 9.90 Å². The number of hydrogen-bond acceptors (Lipinski definition) is 3. The number of halogens is 1. The summed E-state index contributed by atoms with van der Waals surface area (Å²) in [6.45, 7) is 0.302. The standard InChI is InChI=1S/C14H19ClN2O2/c15-13-11(6-3-7-12(13)16)14(19)17(8-9-18)10-4-1-2-5-10/h3,6-7,10,18H,1-2,4-5,8-9,16H2. The van der Waals surface area contributed by atoms with Gasteiger partial charge in [-0.15, -0.1) is 0 Å². The van der Waals surface area contributed by atoms with Crippen molar-refractivity contribution in [2.24, 2.45) is 0 Å². The summed E-state index contributed by atoms with van der Waals surface area (Å²) in [4.78, 5) is 14.3. The number of nitrogens with zero attached hydrogens (tertiary/aromatic N) is 1. The van der Waals surface area contributed by atoms with Crippen LogP contribution in [0.1, 0.15) is 36.0 Å². The lowest BCUT2D eigenvalue weighted by molar-refractivity contribution is 0.0638. The van der Waals surface area contributed by atoms with Crippen LogP contribution in [0.25, 0.3) is 0 Å². The van der Waals surface area contributed by atoms with Crippen LogP contribution in [0, 0.1) is 0 Å². The number of carbonyl (C=O) groups is 1. The average Bonchev–Trinajstić information content (AvgIpc) is 2.92. The van der Waals surface area contributed by atoms with E-state index in [4.69, 9.17) is 22.4 Å². The second-order valence-electron chi connectivity index (χ2n) is 4.87. The molecular weight excluding hydrogens is 264 g/mol. The minimum absolute atomic E-state index is 0.0395. The van der Waals surface area contributed by atoms with E-state index in [9.17, 15) is 4.79 Å². The van der Waals surface area contributed by atoms with Crippen molar-refractivity contribution in [2.45, 2.75) is 31.7 Å². The summed E-state index contributed by atoms with van der Waals surface area (Å²) in [6.07, 6.45) is 4.24. The molecule has 19 heavy (non-hydrogen) atoms. The van der Waals surface area contributed by atoms with Crippen LogP contribution in [-0.2, 0) is 0 Å². The molecule has 0 heterocycles. The number of anilines is 1. The average molecular weight is 283 g/mol. The largest absolute Gasteiger partial charge is 0.398 e. The molecule has 1 amide bonds. The summed E-state index contributed by atoms with van der Waals surface area (Å²) >= 11 is 6.10. The quantitative estimate of drug-likeness (QED) is 0.833. The molecule has 0 aromatic heterocycles. The molecule has 1 aromatic rings. The molecule has 0 saturated heterocycles. The van der Waals surface area contributed by atoms with Gasteiger partial charge < -0.3 is 15.7 Å². The maximum Gasteiger partial charge on any atom is 0.255 e. The number of aliphatic hydroxyl groups is 1. The molecule has 3 N–H and O–H groups in total. The Balaban J connectivity index is 2.25. The van der Waals surface area contributed by atoms with Crippen molar-refractivity contribution in [3.63, 3.8) is 0 Å². The first kappa shape index (κ1) is 14.2. The van der Waals surface area contributed by atoms with E-state index in [-0.39, 0.29) is 18.6 Å². The van der Waals surface area contributed by atoms with Gasteiger partial charge in [-0.1, -0.05) is 30.5 Å². The van der Waals surface area contributed by atoms with Crippen LogP contribution >= 0.6 is 11.6 Å². The molecule has 0 radical (unpaired) electrons. The van der Waals surface area contributed by atoms with Gasteiger partial charge in [0.1, 0.15) is 0 Å². The van der Waals surface area contributed by atoms with Crippen molar-refractivity contribution in [2.75, 3.05) is 18.9 Å². The molecule has 0 aliphatic heterocycles. The molecule has 0 spiro atoms. The number of nitrogen functional groups attached to an aromatic ring is 1. The van der Waals surface area contributed by atoms with Gasteiger partial charge in [0.15, 0.2) is 0 Å². The van der Waals surface area contributed by atoms with Gasteiger partial charge in [0.25, 0.3) is 5.91 Å². The maximum atomic E-state index is 12.6. The first-order chi connectivity index (χ1) is 9.15. The van der Waals surface area contributed by atoms with Crippen molar-refractivity contribution in [3.05, 3.63) is 28.8 Å². The SMILES string of the molecule is Nc1cccc(C(=O)N(CCO)C2CCCC2)c1Cl. The predicted molar refractivity (Wildman–Crippen MR) is 76.2 cm³/mol. The second-order valence-corrected chi connectivity index (χ2v) is 5.25. The third-order valence-electron chi connectivity index (χ3n) is 3.63. The highest BCUT2D eigenvalue weighted by Crippen LogP contribution is 2.28. The van der Waals surface area contributed by atoms with Crippen LogP contribution in [0.2, 0.25) is 5.02 Å². The zero-order valence-electron chi connectivity index (χ0n) is 10.8. The molecule has 1 aliphatic carbocycles. The number of hydrogen-bond donors (Lipinski definition) is 2. The second kappa shape index (κ2) is 6.26. The number of carbonyl (C=O) groups excluding carboxylic acids is 1. The van der Waals surface area contributed by atoms with Crippen LogP contribution < -0.4 is 5.73 Å². The molecule has 0 bridgehead atoms. The van der Waals surface area contributed by atoms with Crippen LogP contribution in [0.15, 0.2) is 18.2 Å². The van der Waals surface area contributed by atoms with E-state index in [0.717, 1.165) is 25.7 Å². The van der Waals surface area contributed by atoms with Crippen LogP contribution in [0.5, 0.6) is 0 Å². The highest BCUT2D eigenvalue weighted by atomic mass is 35.5. The minimum atomic E-state index is -0.141. The van der Waals surface area contributed by atoms with Gasteiger partial charge in [-0.05, 0) is 25.0 Å². The lowest BCUT2D eigenvalue weighted by Crippen LogP contribution is -2.40. The number of benzene rings is 1. The lowest BCUT2D eigenvalue weighted by atomic mass is 10.1. The van der Waals surface area contributed by atoms with Crippen LogP contribution in [0.4, 0.5) is 5.69 Å². The van der Waals surface area contributed by atoms with Crippen LogP contribution in [-0.4, -0.2) is 35.1 Å². The van der Waals surface area contributed by atoms with E-state index in [1.807, 2.05) is 0 Å². The topological polar surface area (TPSA) is 66.6 Å². The van der Waals surface area contributed by atoms with Crippen molar-refractivity contribution in [1.29, 1.82) is 0 Å². The Morgan fingerprint density at radius 3 is 2.74 bits per heavy atom. The van der Waals surface area contributed by atoms with Crippen LogP contribution in [0.3, 0.4) is 0 Å². The zero-order valence-corrected chi connectivity index (χ0v) is 11.6. The number of aliphatic hydroxyl groups excluding tert-OH is 1. The highest BCUT2D eigenvalue weighted by molar-refractivity contribution is 6.36. The summed E-state index contributed by atoms with van der Waals surface area (Å²) in [5.41, 5.74) is 6.56. The van der Waals surface area contributed by atoms with Gasteiger partial charge in [0.2, 0.25) is 0 Å². The number of rotatable bonds is 4. The normalized spacial score (nSPS) is 15.7. The summed E-state index contributed by atoms with van der Waals surface area (Å²) < 4.78 is 0. The predicted octanol–water partition coefficient (Wildman–Crippen LogP) is 2.30. The van der Waals surface area contributed by atoms with Gasteiger partial charge in [0.05, 0.1) is 22.9 Å². The Morgan fingerprint density at radius 1 is 1.42 bits per heavy atom. The third kappa shape index (κ3) is 3.01. The van der Waals surface area contributed by atoms with Crippen molar-refractivity contribution in [1.82, 2.24) is 4.90 Å². The molecule has 104 valence electrons. The number of nitrogens with two attached hydrogens (primary N) is 1. The van der Waals surface area contributed by atoms with E-state index < -0.39 is 0 Å². The van der Waals surface area contributed by atoms with Gasteiger partial charge in [-0.3, -0.25) is 4.79 Å². The Kier molecular flexibility index (Phi) is 4.66. The first-order valence-corrected chi connectivity index (χ1v) is 6.98. The van der Waals surface area contributed by atoms with E-state index in [2.05, 4.69) is 0 Å². The van der Waals surface area contributed by atoms with E-state index in [0.29, 0.717) is 22.8 Å². The van der Waals surface area contributed by atoms with Gasteiger partial charge >= 0.3 is 0 Å². The summed E-state index contributed by atoms with van der Waals surface area (Å²) in [6, 6.07) is 5.28. The fraction of sp³-hybridized carbons (Fsp3) is 0.500. The Bertz CT molecular complexity index is 459. The summed E-state index contributed by atoms with van der Waals surface area (Å²) in [7, 11) is 0. The molecule has 1 saturated carbocycles. The molecule has 5 heteroatoms. The highest BCUT2D eigenvalue weighted by Gasteiger charge is 2.28. The van der Waals surface area contributed by atoms with E-state index in [1.165, 1.54) is 0 Å². The number of amides is 1. The zero-order chi connectivity index (χ0) is 13.8. The molecule has 0 atom stereocenters. The molecule has 1 aromatic carbocycles. The Labute approximate surface area is 118 Å². The van der Waals surface area contributed by atoms with Gasteiger partial charge in [0, 0.05) is 12.6 Å². The fourth-order valence-corrected chi connectivity index (χ4v) is 2.85. The summed E-state index contributed by atoms with van der Waals surface area (Å²) in [5, 5.41) is 9.46. The first-order valence-electron chi connectivity index (χ1n) is 6.61. The van der Waals surface area contributed by atoms with Crippen molar-refractivity contribution in [3.8, 4) is 0 Å². The van der Waals surface area contributed by atoms with E-state index in [1.54, 1.807) is 23.1 Å². The molecule has 2 rings (SSSR count). The molecule has 0 unspecified atom stereocenters. The smallest absolute Gasteiger partial charge is 0.255 e. The molecule has 1 aliphatic rings. The van der Waals surface area contributed by atoms with Gasteiger partial charge in [-0.25, -0.2) is 0 Å². The third-order valence-corrected chi connectivity index (χ3v) is 4.05. The van der Waals surface area contributed by atoms with Crippen molar-refractivity contribution >= 4 is 23.2 Å². The molecule has 1 fully saturated rings.